The number of aromatic amines is 2. The zero-order valence-corrected chi connectivity index (χ0v) is 10.4. The van der Waals surface area contributed by atoms with Gasteiger partial charge in [-0.25, -0.2) is 4.79 Å². The first-order valence-electron chi connectivity index (χ1n) is 5.38. The van der Waals surface area contributed by atoms with E-state index in [9.17, 15) is 9.59 Å². The van der Waals surface area contributed by atoms with Crippen LogP contribution < -0.4 is 16.0 Å². The predicted octanol–water partition coefficient (Wildman–Crippen LogP) is 2.07. The molecule has 0 unspecified atom stereocenters. The third-order valence-corrected chi connectivity index (χ3v) is 2.78. The van der Waals surface area contributed by atoms with Crippen LogP contribution in [0.2, 0.25) is 5.02 Å². The lowest BCUT2D eigenvalue weighted by molar-refractivity contribution is 0.470. The molecule has 5 nitrogen and oxygen atoms in total. The van der Waals surface area contributed by atoms with Crippen LogP contribution in [0.1, 0.15) is 12.5 Å². The SMILES string of the molecule is CCc1cc(Oc2c[nH]c(=O)[nH]c2=O)ccc1Cl. The van der Waals surface area contributed by atoms with Crippen LogP contribution in [0, 0.1) is 0 Å². The van der Waals surface area contributed by atoms with Crippen LogP contribution in [-0.2, 0) is 6.42 Å². The molecule has 0 aliphatic heterocycles. The fraction of sp³-hybridized carbons (Fsp3) is 0.167. The van der Waals surface area contributed by atoms with E-state index >= 15 is 0 Å². The van der Waals surface area contributed by atoms with Crippen molar-refractivity contribution in [1.82, 2.24) is 9.97 Å². The van der Waals surface area contributed by atoms with Gasteiger partial charge in [-0.15, -0.1) is 0 Å². The van der Waals surface area contributed by atoms with E-state index in [1.54, 1.807) is 18.2 Å². The lowest BCUT2D eigenvalue weighted by Crippen LogP contribution is -2.21. The molecular formula is C12H11ClN2O3. The van der Waals surface area contributed by atoms with Gasteiger partial charge in [0.25, 0.3) is 5.56 Å². The van der Waals surface area contributed by atoms with Gasteiger partial charge in [-0.2, -0.15) is 0 Å². The minimum atomic E-state index is -0.577. The number of hydrogen-bond donors (Lipinski definition) is 2. The number of aromatic nitrogens is 2. The quantitative estimate of drug-likeness (QED) is 0.893. The lowest BCUT2D eigenvalue weighted by Gasteiger charge is -2.07. The molecule has 0 saturated carbocycles. The largest absolute Gasteiger partial charge is 0.450 e. The summed E-state index contributed by atoms with van der Waals surface area (Å²) in [5, 5.41) is 0.653. The number of H-pyrrole nitrogens is 2. The molecule has 1 aromatic heterocycles. The van der Waals surface area contributed by atoms with Gasteiger partial charge in [-0.05, 0) is 30.2 Å². The first-order chi connectivity index (χ1) is 8.60. The van der Waals surface area contributed by atoms with E-state index in [-0.39, 0.29) is 5.75 Å². The van der Waals surface area contributed by atoms with Crippen molar-refractivity contribution in [3.8, 4) is 11.5 Å². The van der Waals surface area contributed by atoms with Crippen LogP contribution in [0.3, 0.4) is 0 Å². The summed E-state index contributed by atoms with van der Waals surface area (Å²) in [6.45, 7) is 1.97. The summed E-state index contributed by atoms with van der Waals surface area (Å²) in [7, 11) is 0. The van der Waals surface area contributed by atoms with E-state index in [1.807, 2.05) is 6.92 Å². The van der Waals surface area contributed by atoms with Gasteiger partial charge in [-0.1, -0.05) is 18.5 Å². The Kier molecular flexibility index (Phi) is 3.53. The van der Waals surface area contributed by atoms with Crippen molar-refractivity contribution >= 4 is 11.6 Å². The van der Waals surface area contributed by atoms with E-state index in [1.165, 1.54) is 6.20 Å². The van der Waals surface area contributed by atoms with Crippen LogP contribution in [0.5, 0.6) is 11.5 Å². The molecule has 1 aromatic carbocycles. The fourth-order valence-corrected chi connectivity index (χ4v) is 1.74. The first kappa shape index (κ1) is 12.4. The van der Waals surface area contributed by atoms with Gasteiger partial charge < -0.3 is 9.72 Å². The molecule has 94 valence electrons. The molecule has 1 heterocycles. The van der Waals surface area contributed by atoms with E-state index < -0.39 is 11.2 Å². The molecule has 0 amide bonds. The molecule has 2 aromatic rings. The smallest absolute Gasteiger partial charge is 0.325 e. The first-order valence-corrected chi connectivity index (χ1v) is 5.76. The number of hydrogen-bond acceptors (Lipinski definition) is 3. The number of halogens is 1. The van der Waals surface area contributed by atoms with Crippen LogP contribution >= 0.6 is 11.6 Å². The van der Waals surface area contributed by atoms with Gasteiger partial charge in [0.05, 0.1) is 6.20 Å². The highest BCUT2D eigenvalue weighted by Gasteiger charge is 2.05. The molecule has 0 radical (unpaired) electrons. The molecule has 2 rings (SSSR count). The summed E-state index contributed by atoms with van der Waals surface area (Å²) in [4.78, 5) is 26.7. The van der Waals surface area contributed by atoms with Crippen molar-refractivity contribution in [3.05, 3.63) is 55.8 Å². The highest BCUT2D eigenvalue weighted by atomic mass is 35.5. The minimum Gasteiger partial charge on any atom is -0.450 e. The Morgan fingerprint density at radius 3 is 2.78 bits per heavy atom. The van der Waals surface area contributed by atoms with Crippen molar-refractivity contribution < 1.29 is 4.74 Å². The zero-order valence-electron chi connectivity index (χ0n) is 9.62. The summed E-state index contributed by atoms with van der Waals surface area (Å²) in [5.74, 6) is 0.521. The molecule has 0 bridgehead atoms. The Hall–Kier alpha value is -2.01. The second-order valence-corrected chi connectivity index (χ2v) is 4.05. The normalized spacial score (nSPS) is 10.3. The number of benzene rings is 1. The van der Waals surface area contributed by atoms with Crippen LogP contribution in [0.15, 0.2) is 34.0 Å². The Bertz CT molecular complexity index is 676. The van der Waals surface area contributed by atoms with Crippen molar-refractivity contribution in [1.29, 1.82) is 0 Å². The van der Waals surface area contributed by atoms with E-state index in [2.05, 4.69) is 9.97 Å². The number of rotatable bonds is 3. The Labute approximate surface area is 107 Å². The van der Waals surface area contributed by atoms with E-state index in [4.69, 9.17) is 16.3 Å². The average Bonchev–Trinajstić information content (AvgIpc) is 2.35. The van der Waals surface area contributed by atoms with Crippen LogP contribution in [0.25, 0.3) is 0 Å². The van der Waals surface area contributed by atoms with Crippen LogP contribution in [-0.4, -0.2) is 9.97 Å². The fourth-order valence-electron chi connectivity index (χ4n) is 1.49. The topological polar surface area (TPSA) is 75.0 Å². The van der Waals surface area contributed by atoms with Crippen LogP contribution in [0.4, 0.5) is 0 Å². The van der Waals surface area contributed by atoms with Crippen molar-refractivity contribution in [2.45, 2.75) is 13.3 Å². The summed E-state index contributed by atoms with van der Waals surface area (Å²) in [5.41, 5.74) is -0.223. The molecule has 6 heteroatoms. The number of aryl methyl sites for hydroxylation is 1. The number of nitrogens with one attached hydrogen (secondary N) is 2. The Balaban J connectivity index is 2.34. The standard InChI is InChI=1S/C12H11ClN2O3/c1-2-7-5-8(3-4-9(7)13)18-10-6-14-12(17)15-11(10)16/h3-6H,2H2,1H3,(H2,14,15,16,17). The van der Waals surface area contributed by atoms with Gasteiger partial charge in [0.1, 0.15) is 5.75 Å². The monoisotopic (exact) mass is 266 g/mol. The summed E-state index contributed by atoms with van der Waals surface area (Å²) in [6.07, 6.45) is 1.99. The van der Waals surface area contributed by atoms with E-state index in [0.717, 1.165) is 12.0 Å². The predicted molar refractivity (Wildman–Crippen MR) is 68.6 cm³/mol. The maximum Gasteiger partial charge on any atom is 0.325 e. The Morgan fingerprint density at radius 1 is 1.33 bits per heavy atom. The molecule has 0 saturated heterocycles. The zero-order chi connectivity index (χ0) is 13.1. The maximum absolute atomic E-state index is 11.4. The van der Waals surface area contributed by atoms with E-state index in [0.29, 0.717) is 10.8 Å². The third-order valence-electron chi connectivity index (χ3n) is 2.41. The minimum absolute atomic E-state index is 0.0268. The lowest BCUT2D eigenvalue weighted by atomic mass is 10.1. The second kappa shape index (κ2) is 5.10. The number of ether oxygens (including phenoxy) is 1. The molecule has 0 atom stereocenters. The average molecular weight is 267 g/mol. The molecule has 0 spiro atoms. The van der Waals surface area contributed by atoms with Gasteiger partial charge in [0.2, 0.25) is 5.75 Å². The maximum atomic E-state index is 11.4. The van der Waals surface area contributed by atoms with Gasteiger partial charge >= 0.3 is 5.69 Å². The molecule has 0 fully saturated rings. The van der Waals surface area contributed by atoms with Gasteiger partial charge in [0, 0.05) is 5.02 Å². The molecule has 0 aliphatic rings. The van der Waals surface area contributed by atoms with Crippen molar-refractivity contribution in [2.24, 2.45) is 0 Å². The summed E-state index contributed by atoms with van der Waals surface area (Å²) in [6, 6.07) is 5.12. The Morgan fingerprint density at radius 2 is 2.11 bits per heavy atom. The van der Waals surface area contributed by atoms with Gasteiger partial charge in [0.15, 0.2) is 0 Å². The molecule has 2 N–H and O–H groups in total. The molecular weight excluding hydrogens is 256 g/mol. The van der Waals surface area contributed by atoms with Crippen molar-refractivity contribution in [3.63, 3.8) is 0 Å². The highest BCUT2D eigenvalue weighted by molar-refractivity contribution is 6.31. The van der Waals surface area contributed by atoms with Gasteiger partial charge in [-0.3, -0.25) is 9.78 Å². The molecule has 0 aliphatic carbocycles. The van der Waals surface area contributed by atoms with Crippen molar-refractivity contribution in [2.75, 3.05) is 0 Å². The highest BCUT2D eigenvalue weighted by Crippen LogP contribution is 2.24. The molecule has 18 heavy (non-hydrogen) atoms. The summed E-state index contributed by atoms with van der Waals surface area (Å²) >= 11 is 5.98. The summed E-state index contributed by atoms with van der Waals surface area (Å²) < 4.78 is 5.39. The second-order valence-electron chi connectivity index (χ2n) is 3.65. The third kappa shape index (κ3) is 2.62.